The Bertz CT molecular complexity index is 403. The molecule has 2 nitrogen and oxygen atoms in total. The molecule has 0 aromatic heterocycles. The third-order valence-corrected chi connectivity index (χ3v) is 12.0. The molecule has 0 fully saturated rings. The van der Waals surface area contributed by atoms with Crippen LogP contribution in [0, 0.1) is 0 Å². The molecule has 0 aromatic carbocycles. The number of hydrogen-bond donors (Lipinski definition) is 1. The van der Waals surface area contributed by atoms with E-state index in [1.165, 1.54) is 134 Å². The van der Waals surface area contributed by atoms with Crippen molar-refractivity contribution in [2.24, 2.45) is 0 Å². The van der Waals surface area contributed by atoms with Crippen LogP contribution in [0.2, 0.25) is 18.1 Å². The minimum Gasteiger partial charge on any atom is -0.478 e. The number of carboxylic acid groups (broad SMARTS) is 1. The smallest absolute Gasteiger partial charge is 0.330 e. The molecule has 0 saturated carbocycles. The summed E-state index contributed by atoms with van der Waals surface area (Å²) in [7, 11) is -1.67. The fourth-order valence-electron chi connectivity index (χ4n) is 4.88. The van der Waals surface area contributed by atoms with Crippen LogP contribution in [-0.2, 0) is 4.79 Å². The first-order chi connectivity index (χ1) is 15.0. The Labute approximate surface area is 196 Å². The molecule has 0 heterocycles. The zero-order valence-corrected chi connectivity index (χ0v) is 22.8. The molecule has 0 aliphatic carbocycles. The van der Waals surface area contributed by atoms with Crippen molar-refractivity contribution in [3.63, 3.8) is 0 Å². The molecule has 0 amide bonds. The maximum Gasteiger partial charge on any atom is 0.330 e. The topological polar surface area (TPSA) is 37.3 Å². The van der Waals surface area contributed by atoms with E-state index >= 15 is 0 Å². The summed E-state index contributed by atoms with van der Waals surface area (Å²) in [6, 6.07) is 3.94. The predicted octanol–water partition coefficient (Wildman–Crippen LogP) is 10.1. The highest BCUT2D eigenvalue weighted by Gasteiger charge is 2.30. The number of hydrogen-bond acceptors (Lipinski definition) is 1. The monoisotopic (exact) mass is 452 g/mol. The van der Waals surface area contributed by atoms with Gasteiger partial charge in [0.25, 0.3) is 0 Å². The van der Waals surface area contributed by atoms with E-state index in [2.05, 4.69) is 26.5 Å². The molecular weight excluding hydrogens is 396 g/mol. The molecule has 0 aliphatic rings. The van der Waals surface area contributed by atoms with E-state index in [0.29, 0.717) is 5.57 Å². The van der Waals surface area contributed by atoms with Crippen LogP contribution in [0.4, 0.5) is 0 Å². The van der Waals surface area contributed by atoms with Crippen molar-refractivity contribution in [2.75, 3.05) is 0 Å². The first-order valence-corrected chi connectivity index (χ1v) is 16.6. The molecule has 184 valence electrons. The standard InChI is InChI=1S/C28H56O2Si/c1-5-8-11-14-17-20-23-31(26-27(4)28(29)30,24-21-18-15-12-9-6-2)25-22-19-16-13-10-7-3/h26H,5-25H2,1-4H3,(H,29,30). The van der Waals surface area contributed by atoms with E-state index in [-0.39, 0.29) is 0 Å². The molecule has 1 N–H and O–H groups in total. The number of aliphatic carboxylic acids is 1. The van der Waals surface area contributed by atoms with Gasteiger partial charge in [0.1, 0.15) is 0 Å². The summed E-state index contributed by atoms with van der Waals surface area (Å²) in [6.45, 7) is 8.67. The molecular formula is C28H56O2Si. The maximum absolute atomic E-state index is 11.7. The van der Waals surface area contributed by atoms with Gasteiger partial charge in [-0.2, -0.15) is 0 Å². The van der Waals surface area contributed by atoms with E-state index in [1.807, 2.05) is 6.92 Å². The Morgan fingerprint density at radius 1 is 0.581 bits per heavy atom. The molecule has 0 rings (SSSR count). The van der Waals surface area contributed by atoms with Crippen LogP contribution >= 0.6 is 0 Å². The largest absolute Gasteiger partial charge is 0.478 e. The summed E-state index contributed by atoms with van der Waals surface area (Å²) in [4.78, 5) is 11.7. The van der Waals surface area contributed by atoms with Crippen molar-refractivity contribution < 1.29 is 9.90 Å². The second-order valence-corrected chi connectivity index (χ2v) is 14.6. The lowest BCUT2D eigenvalue weighted by molar-refractivity contribution is -0.132. The van der Waals surface area contributed by atoms with E-state index in [1.54, 1.807) is 0 Å². The fraction of sp³-hybridized carbons (Fsp3) is 0.893. The third kappa shape index (κ3) is 17.6. The first kappa shape index (κ1) is 30.4. The third-order valence-electron chi connectivity index (χ3n) is 6.94. The number of rotatable bonds is 23. The molecule has 0 radical (unpaired) electrons. The van der Waals surface area contributed by atoms with Crippen LogP contribution in [0.1, 0.15) is 143 Å². The summed E-state index contributed by atoms with van der Waals surface area (Å²) < 4.78 is 0. The summed E-state index contributed by atoms with van der Waals surface area (Å²) in [5, 5.41) is 9.61. The Morgan fingerprint density at radius 3 is 1.16 bits per heavy atom. The Hall–Kier alpha value is -0.573. The van der Waals surface area contributed by atoms with Crippen LogP contribution < -0.4 is 0 Å². The van der Waals surface area contributed by atoms with Crippen molar-refractivity contribution >= 4 is 14.0 Å². The van der Waals surface area contributed by atoms with Gasteiger partial charge in [-0.05, 0) is 6.92 Å². The molecule has 0 bridgehead atoms. The molecule has 0 atom stereocenters. The van der Waals surface area contributed by atoms with Gasteiger partial charge in [0.05, 0.1) is 8.07 Å². The Morgan fingerprint density at radius 2 is 0.871 bits per heavy atom. The fourth-order valence-corrected chi connectivity index (χ4v) is 9.97. The highest BCUT2D eigenvalue weighted by Crippen LogP contribution is 2.32. The van der Waals surface area contributed by atoms with E-state index < -0.39 is 14.0 Å². The van der Waals surface area contributed by atoms with E-state index in [4.69, 9.17) is 0 Å². The average Bonchev–Trinajstić information content (AvgIpc) is 2.75. The minimum absolute atomic E-state index is 0.620. The van der Waals surface area contributed by atoms with Gasteiger partial charge in [0.2, 0.25) is 0 Å². The molecule has 0 aromatic rings. The first-order valence-electron chi connectivity index (χ1n) is 13.9. The minimum atomic E-state index is -1.67. The molecule has 0 aliphatic heterocycles. The van der Waals surface area contributed by atoms with E-state index in [0.717, 1.165) is 0 Å². The second-order valence-electron chi connectivity index (χ2n) is 10.0. The zero-order valence-electron chi connectivity index (χ0n) is 21.8. The summed E-state index contributed by atoms with van der Waals surface area (Å²) >= 11 is 0. The van der Waals surface area contributed by atoms with Crippen molar-refractivity contribution in [1.82, 2.24) is 0 Å². The Balaban J connectivity index is 4.98. The maximum atomic E-state index is 11.7. The van der Waals surface area contributed by atoms with Crippen molar-refractivity contribution in [3.8, 4) is 0 Å². The highest BCUT2D eigenvalue weighted by molar-refractivity contribution is 6.84. The lowest BCUT2D eigenvalue weighted by Gasteiger charge is -2.30. The average molecular weight is 453 g/mol. The van der Waals surface area contributed by atoms with Gasteiger partial charge in [-0.25, -0.2) is 4.79 Å². The normalized spacial score (nSPS) is 12.5. The lowest BCUT2D eigenvalue weighted by atomic mass is 10.1. The molecule has 0 saturated heterocycles. The molecule has 0 spiro atoms. The van der Waals surface area contributed by atoms with Crippen LogP contribution in [0.3, 0.4) is 0 Å². The van der Waals surface area contributed by atoms with E-state index in [9.17, 15) is 9.90 Å². The lowest BCUT2D eigenvalue weighted by Crippen LogP contribution is -2.33. The number of unbranched alkanes of at least 4 members (excludes halogenated alkanes) is 15. The van der Waals surface area contributed by atoms with Gasteiger partial charge in [-0.3, -0.25) is 0 Å². The van der Waals surface area contributed by atoms with Crippen molar-refractivity contribution in [3.05, 3.63) is 11.3 Å². The zero-order chi connectivity index (χ0) is 23.2. The highest BCUT2D eigenvalue weighted by atomic mass is 28.3. The Kier molecular flexibility index (Phi) is 20.9. The van der Waals surface area contributed by atoms with Crippen LogP contribution in [0.15, 0.2) is 11.3 Å². The molecule has 31 heavy (non-hydrogen) atoms. The molecule has 0 unspecified atom stereocenters. The number of carboxylic acids is 1. The van der Waals surface area contributed by atoms with Crippen LogP contribution in [0.25, 0.3) is 0 Å². The predicted molar refractivity (Wildman–Crippen MR) is 142 cm³/mol. The van der Waals surface area contributed by atoms with Gasteiger partial charge in [0, 0.05) is 5.57 Å². The summed E-state index contributed by atoms with van der Waals surface area (Å²) in [6.07, 6.45) is 24.1. The summed E-state index contributed by atoms with van der Waals surface area (Å²) in [5.74, 6) is -0.703. The SMILES string of the molecule is CCCCCCCC[Si](C=C(C)C(=O)O)(CCCCCCCC)CCCCCCCC. The van der Waals surface area contributed by atoms with Gasteiger partial charge in [-0.1, -0.05) is 160 Å². The van der Waals surface area contributed by atoms with Gasteiger partial charge < -0.3 is 5.11 Å². The van der Waals surface area contributed by atoms with Gasteiger partial charge in [0.15, 0.2) is 0 Å². The summed E-state index contributed by atoms with van der Waals surface area (Å²) in [5.41, 5.74) is 2.94. The quantitative estimate of drug-likeness (QED) is 0.0950. The van der Waals surface area contributed by atoms with Crippen LogP contribution in [-0.4, -0.2) is 19.1 Å². The van der Waals surface area contributed by atoms with Crippen LogP contribution in [0.5, 0.6) is 0 Å². The molecule has 3 heteroatoms. The number of carbonyl (C=O) groups is 1. The van der Waals surface area contributed by atoms with Gasteiger partial charge >= 0.3 is 5.97 Å². The van der Waals surface area contributed by atoms with Crippen molar-refractivity contribution in [2.45, 2.75) is 161 Å². The van der Waals surface area contributed by atoms with Gasteiger partial charge in [-0.15, -0.1) is 0 Å². The second kappa shape index (κ2) is 21.3. The van der Waals surface area contributed by atoms with Crippen molar-refractivity contribution in [1.29, 1.82) is 0 Å².